The normalized spacial score (nSPS) is 16.2. The minimum absolute atomic E-state index is 0.133. The van der Waals surface area contributed by atoms with Crippen LogP contribution in [-0.4, -0.2) is 56.7 Å². The first-order chi connectivity index (χ1) is 11.5. The maximum atomic E-state index is 11.4. The Balaban J connectivity index is 1.61. The number of aromatic amines is 1. The monoisotopic (exact) mass is 347 g/mol. The van der Waals surface area contributed by atoms with Crippen LogP contribution in [0.2, 0.25) is 0 Å². The molecule has 1 aliphatic heterocycles. The molecule has 24 heavy (non-hydrogen) atoms. The number of nitrogens with zero attached hydrogens (tertiary/aromatic N) is 4. The summed E-state index contributed by atoms with van der Waals surface area (Å²) < 4.78 is 7.84. The number of piperazine rings is 1. The third kappa shape index (κ3) is 4.01. The Morgan fingerprint density at radius 1 is 1.33 bits per heavy atom. The van der Waals surface area contributed by atoms with E-state index in [0.717, 1.165) is 37.7 Å². The number of aromatic nitrogens is 3. The minimum Gasteiger partial charge on any atom is -0.462 e. The highest BCUT2D eigenvalue weighted by atomic mass is 32.1. The van der Waals surface area contributed by atoms with Gasteiger partial charge in [-0.3, -0.25) is 14.8 Å². The van der Waals surface area contributed by atoms with Crippen molar-refractivity contribution in [2.24, 2.45) is 0 Å². The largest absolute Gasteiger partial charge is 0.462 e. The van der Waals surface area contributed by atoms with E-state index in [1.165, 1.54) is 0 Å². The Labute approximate surface area is 145 Å². The van der Waals surface area contributed by atoms with Crippen molar-refractivity contribution in [1.82, 2.24) is 24.6 Å². The van der Waals surface area contributed by atoms with Gasteiger partial charge in [-0.1, -0.05) is 0 Å². The fraction of sp³-hybridized carbons (Fsp3) is 0.438. The number of nitrogens with one attached hydrogen (secondary N) is 1. The van der Waals surface area contributed by atoms with Crippen molar-refractivity contribution in [1.29, 1.82) is 0 Å². The van der Waals surface area contributed by atoms with Crippen LogP contribution in [0.5, 0.6) is 0 Å². The second-order valence-corrected chi connectivity index (χ2v) is 6.23. The lowest BCUT2D eigenvalue weighted by molar-refractivity contribution is -0.130. The zero-order chi connectivity index (χ0) is 17.1. The van der Waals surface area contributed by atoms with Crippen molar-refractivity contribution in [3.8, 4) is 0 Å². The van der Waals surface area contributed by atoms with E-state index in [1.54, 1.807) is 6.92 Å². The van der Waals surface area contributed by atoms with E-state index in [1.807, 2.05) is 40.8 Å². The number of amides is 1. The number of furan rings is 1. The Kier molecular flexibility index (Phi) is 4.96. The summed E-state index contributed by atoms with van der Waals surface area (Å²) in [4.78, 5) is 19.8. The molecule has 1 saturated heterocycles. The first kappa shape index (κ1) is 16.7. The molecule has 8 heteroatoms. The molecule has 7 nitrogen and oxygen atoms in total. The van der Waals surface area contributed by atoms with Crippen LogP contribution in [0, 0.1) is 11.7 Å². The molecule has 0 bridgehead atoms. The van der Waals surface area contributed by atoms with Gasteiger partial charge in [0.2, 0.25) is 10.7 Å². The Morgan fingerprint density at radius 3 is 2.71 bits per heavy atom. The van der Waals surface area contributed by atoms with Gasteiger partial charge in [0.05, 0.1) is 6.67 Å². The summed E-state index contributed by atoms with van der Waals surface area (Å²) in [7, 11) is 0. The van der Waals surface area contributed by atoms with Crippen molar-refractivity contribution in [2.45, 2.75) is 20.5 Å². The Morgan fingerprint density at radius 2 is 2.08 bits per heavy atom. The molecule has 1 fully saturated rings. The lowest BCUT2D eigenvalue weighted by atomic mass is 10.3. The van der Waals surface area contributed by atoms with Gasteiger partial charge in [0, 0.05) is 33.1 Å². The molecule has 2 aromatic heterocycles. The van der Waals surface area contributed by atoms with Crippen molar-refractivity contribution < 1.29 is 9.21 Å². The van der Waals surface area contributed by atoms with E-state index in [-0.39, 0.29) is 5.91 Å². The standard InChI is InChI=1S/C16H21N5O2S/c1-12-3-4-14(23-12)5-6-15-17-16(24)21(18-15)11-19-7-9-20(10-8-19)13(2)22/h3-6H,7-11H2,1-2H3,(H,17,18,24). The summed E-state index contributed by atoms with van der Waals surface area (Å²) in [5, 5.41) is 3.19. The van der Waals surface area contributed by atoms with E-state index in [2.05, 4.69) is 15.0 Å². The quantitative estimate of drug-likeness (QED) is 0.858. The molecule has 0 aromatic carbocycles. The van der Waals surface area contributed by atoms with Gasteiger partial charge in [-0.25, -0.2) is 4.68 Å². The first-order valence-corrected chi connectivity index (χ1v) is 8.31. The highest BCUT2D eigenvalue weighted by Gasteiger charge is 2.18. The molecule has 0 radical (unpaired) electrons. The molecule has 128 valence electrons. The van der Waals surface area contributed by atoms with Gasteiger partial charge >= 0.3 is 0 Å². The third-order valence-corrected chi connectivity index (χ3v) is 4.33. The fourth-order valence-corrected chi connectivity index (χ4v) is 2.85. The smallest absolute Gasteiger partial charge is 0.219 e. The van der Waals surface area contributed by atoms with Crippen LogP contribution >= 0.6 is 12.2 Å². The molecule has 0 saturated carbocycles. The van der Waals surface area contributed by atoms with Crippen LogP contribution in [0.15, 0.2) is 16.5 Å². The average Bonchev–Trinajstić information content (AvgIpc) is 3.12. The summed E-state index contributed by atoms with van der Waals surface area (Å²) in [6.45, 7) is 7.33. The molecule has 2 aromatic rings. The summed E-state index contributed by atoms with van der Waals surface area (Å²) >= 11 is 5.31. The molecular formula is C16H21N5O2S. The van der Waals surface area contributed by atoms with Gasteiger partial charge in [0.25, 0.3) is 0 Å². The molecule has 0 spiro atoms. The molecule has 3 rings (SSSR count). The molecule has 1 N–H and O–H groups in total. The van der Waals surface area contributed by atoms with E-state index in [0.29, 0.717) is 17.3 Å². The second kappa shape index (κ2) is 7.14. The van der Waals surface area contributed by atoms with Crippen molar-refractivity contribution in [2.75, 3.05) is 26.2 Å². The van der Waals surface area contributed by atoms with Crippen LogP contribution in [0.4, 0.5) is 0 Å². The van der Waals surface area contributed by atoms with E-state index in [4.69, 9.17) is 16.6 Å². The van der Waals surface area contributed by atoms with Gasteiger partial charge in [0.15, 0.2) is 0 Å². The Hall–Kier alpha value is -2.19. The molecule has 0 atom stereocenters. The van der Waals surface area contributed by atoms with Crippen LogP contribution in [-0.2, 0) is 11.5 Å². The summed E-state index contributed by atoms with van der Waals surface area (Å²) in [5.74, 6) is 2.48. The predicted molar refractivity (Wildman–Crippen MR) is 93.6 cm³/mol. The number of H-pyrrole nitrogens is 1. The van der Waals surface area contributed by atoms with Gasteiger partial charge in [-0.15, -0.1) is 0 Å². The van der Waals surface area contributed by atoms with Gasteiger partial charge in [-0.05, 0) is 43.4 Å². The zero-order valence-electron chi connectivity index (χ0n) is 13.9. The second-order valence-electron chi connectivity index (χ2n) is 5.87. The molecule has 3 heterocycles. The summed E-state index contributed by atoms with van der Waals surface area (Å²) in [5.41, 5.74) is 0. The first-order valence-electron chi connectivity index (χ1n) is 7.90. The van der Waals surface area contributed by atoms with Crippen molar-refractivity contribution in [3.63, 3.8) is 0 Å². The van der Waals surface area contributed by atoms with E-state index in [9.17, 15) is 4.79 Å². The number of aryl methyl sites for hydroxylation is 1. The molecule has 0 unspecified atom stereocenters. The van der Waals surface area contributed by atoms with Crippen molar-refractivity contribution >= 4 is 30.3 Å². The van der Waals surface area contributed by atoms with Gasteiger partial charge in [-0.2, -0.15) is 4.98 Å². The zero-order valence-corrected chi connectivity index (χ0v) is 14.7. The number of hydrogen-bond acceptors (Lipinski definition) is 5. The highest BCUT2D eigenvalue weighted by Crippen LogP contribution is 2.10. The van der Waals surface area contributed by atoms with Gasteiger partial charge < -0.3 is 9.32 Å². The van der Waals surface area contributed by atoms with Crippen LogP contribution in [0.3, 0.4) is 0 Å². The van der Waals surface area contributed by atoms with Crippen molar-refractivity contribution in [3.05, 3.63) is 34.2 Å². The van der Waals surface area contributed by atoms with E-state index < -0.39 is 0 Å². The number of hydrogen-bond donors (Lipinski definition) is 1. The fourth-order valence-electron chi connectivity index (χ4n) is 2.65. The highest BCUT2D eigenvalue weighted by molar-refractivity contribution is 7.71. The number of carbonyl (C=O) groups is 1. The van der Waals surface area contributed by atoms with Crippen LogP contribution in [0.25, 0.3) is 12.2 Å². The maximum Gasteiger partial charge on any atom is 0.219 e. The summed E-state index contributed by atoms with van der Waals surface area (Å²) in [6, 6.07) is 3.83. The number of carbonyl (C=O) groups excluding carboxylic acids is 1. The minimum atomic E-state index is 0.133. The van der Waals surface area contributed by atoms with E-state index >= 15 is 0 Å². The average molecular weight is 347 g/mol. The maximum absolute atomic E-state index is 11.4. The lowest BCUT2D eigenvalue weighted by Crippen LogP contribution is -2.48. The molecule has 1 amide bonds. The number of rotatable bonds is 4. The predicted octanol–water partition coefficient (Wildman–Crippen LogP) is 2.13. The summed E-state index contributed by atoms with van der Waals surface area (Å²) in [6.07, 6.45) is 3.70. The third-order valence-electron chi connectivity index (χ3n) is 4.02. The molecular weight excluding hydrogens is 326 g/mol. The lowest BCUT2D eigenvalue weighted by Gasteiger charge is -2.33. The Bertz CT molecular complexity index is 795. The SMILES string of the molecule is CC(=O)N1CCN(Cn2[nH]c(C=Cc3ccc(C)o3)nc2=S)CC1. The van der Waals surface area contributed by atoms with Gasteiger partial charge in [0.1, 0.15) is 17.3 Å². The molecule has 0 aliphatic carbocycles. The molecule has 1 aliphatic rings. The topological polar surface area (TPSA) is 70.3 Å². The van der Waals surface area contributed by atoms with Crippen LogP contribution in [0.1, 0.15) is 24.3 Å². The van der Waals surface area contributed by atoms with Crippen LogP contribution < -0.4 is 0 Å².